The van der Waals surface area contributed by atoms with Crippen LogP contribution >= 0.6 is 31.9 Å². The SMILES string of the molecule is O=C(Nc1c(O)cccc1[N+](=O)[O-])c1cc(Br)cc(Br)c1. The Morgan fingerprint density at radius 3 is 2.38 bits per heavy atom. The van der Waals surface area contributed by atoms with E-state index in [1.807, 2.05) is 0 Å². The van der Waals surface area contributed by atoms with Crippen molar-refractivity contribution in [3.8, 4) is 5.75 Å². The Morgan fingerprint density at radius 1 is 1.19 bits per heavy atom. The predicted octanol–water partition coefficient (Wildman–Crippen LogP) is 4.08. The third kappa shape index (κ3) is 3.59. The zero-order chi connectivity index (χ0) is 15.6. The summed E-state index contributed by atoms with van der Waals surface area (Å²) in [5.41, 5.74) is -0.324. The number of phenols is 1. The molecule has 0 fully saturated rings. The summed E-state index contributed by atoms with van der Waals surface area (Å²) < 4.78 is 1.35. The van der Waals surface area contributed by atoms with Crippen LogP contribution in [0.1, 0.15) is 10.4 Å². The standard InChI is InChI=1S/C13H8Br2N2O4/c14-8-4-7(5-9(15)6-8)13(19)16-12-10(17(20)21)2-1-3-11(12)18/h1-6,18H,(H,16,19). The van der Waals surface area contributed by atoms with Crippen molar-refractivity contribution in [2.45, 2.75) is 0 Å². The maximum Gasteiger partial charge on any atom is 0.296 e. The molecular weight excluding hydrogens is 408 g/mol. The van der Waals surface area contributed by atoms with Crippen molar-refractivity contribution in [3.05, 3.63) is 61.0 Å². The van der Waals surface area contributed by atoms with E-state index in [9.17, 15) is 20.0 Å². The van der Waals surface area contributed by atoms with Crippen LogP contribution in [0.5, 0.6) is 5.75 Å². The average Bonchev–Trinajstić information content (AvgIpc) is 2.39. The highest BCUT2D eigenvalue weighted by Gasteiger charge is 2.20. The molecule has 2 N–H and O–H groups in total. The van der Waals surface area contributed by atoms with Gasteiger partial charge in [0.15, 0.2) is 5.69 Å². The molecule has 0 aliphatic carbocycles. The first-order valence-electron chi connectivity index (χ1n) is 5.62. The number of halogens is 2. The van der Waals surface area contributed by atoms with Crippen LogP contribution in [0.4, 0.5) is 11.4 Å². The molecule has 0 unspecified atom stereocenters. The molecule has 0 radical (unpaired) electrons. The quantitative estimate of drug-likeness (QED) is 0.448. The molecule has 2 aromatic rings. The van der Waals surface area contributed by atoms with Crippen molar-refractivity contribution >= 4 is 49.1 Å². The van der Waals surface area contributed by atoms with E-state index >= 15 is 0 Å². The van der Waals surface area contributed by atoms with Crippen LogP contribution in [-0.2, 0) is 0 Å². The fraction of sp³-hybridized carbons (Fsp3) is 0. The van der Waals surface area contributed by atoms with Crippen molar-refractivity contribution in [1.29, 1.82) is 0 Å². The third-order valence-corrected chi connectivity index (χ3v) is 3.50. The number of carbonyl (C=O) groups is 1. The van der Waals surface area contributed by atoms with Crippen LogP contribution in [-0.4, -0.2) is 15.9 Å². The van der Waals surface area contributed by atoms with Crippen molar-refractivity contribution < 1.29 is 14.8 Å². The molecule has 0 aliphatic heterocycles. The van der Waals surface area contributed by atoms with Gasteiger partial charge in [-0.15, -0.1) is 0 Å². The number of hydrogen-bond acceptors (Lipinski definition) is 4. The fourth-order valence-corrected chi connectivity index (χ4v) is 2.97. The van der Waals surface area contributed by atoms with E-state index in [-0.39, 0.29) is 22.7 Å². The van der Waals surface area contributed by atoms with Crippen LogP contribution in [0, 0.1) is 10.1 Å². The van der Waals surface area contributed by atoms with Gasteiger partial charge in [-0.05, 0) is 24.3 Å². The number of nitrogens with one attached hydrogen (secondary N) is 1. The summed E-state index contributed by atoms with van der Waals surface area (Å²) in [5.74, 6) is -0.937. The maximum atomic E-state index is 12.2. The molecule has 0 saturated heterocycles. The zero-order valence-corrected chi connectivity index (χ0v) is 13.5. The average molecular weight is 416 g/mol. The molecule has 21 heavy (non-hydrogen) atoms. The molecule has 0 spiro atoms. The molecule has 0 bridgehead atoms. The Balaban J connectivity index is 2.38. The summed E-state index contributed by atoms with van der Waals surface area (Å²) in [6.07, 6.45) is 0. The van der Waals surface area contributed by atoms with Gasteiger partial charge >= 0.3 is 0 Å². The Hall–Kier alpha value is -1.93. The van der Waals surface area contributed by atoms with Gasteiger partial charge in [-0.2, -0.15) is 0 Å². The molecule has 0 aliphatic rings. The number of hydrogen-bond donors (Lipinski definition) is 2. The normalized spacial score (nSPS) is 10.2. The first kappa shape index (κ1) is 15.5. The minimum atomic E-state index is -0.674. The number of benzene rings is 2. The lowest BCUT2D eigenvalue weighted by molar-refractivity contribution is -0.384. The van der Waals surface area contributed by atoms with Gasteiger partial charge in [0, 0.05) is 20.6 Å². The Kier molecular flexibility index (Phi) is 4.59. The summed E-state index contributed by atoms with van der Waals surface area (Å²) >= 11 is 6.50. The van der Waals surface area contributed by atoms with Crippen molar-refractivity contribution in [1.82, 2.24) is 0 Å². The van der Waals surface area contributed by atoms with Gasteiger partial charge in [-0.25, -0.2) is 0 Å². The fourth-order valence-electron chi connectivity index (χ4n) is 1.68. The van der Waals surface area contributed by atoms with Gasteiger partial charge in [0.2, 0.25) is 0 Å². The monoisotopic (exact) mass is 414 g/mol. The lowest BCUT2D eigenvalue weighted by Gasteiger charge is -2.08. The molecule has 0 aromatic heterocycles. The summed E-state index contributed by atoms with van der Waals surface area (Å²) in [6.45, 7) is 0. The Morgan fingerprint density at radius 2 is 1.81 bits per heavy atom. The van der Waals surface area contributed by atoms with E-state index in [1.54, 1.807) is 18.2 Å². The van der Waals surface area contributed by atoms with Gasteiger partial charge < -0.3 is 10.4 Å². The van der Waals surface area contributed by atoms with Crippen molar-refractivity contribution in [3.63, 3.8) is 0 Å². The highest BCUT2D eigenvalue weighted by molar-refractivity contribution is 9.11. The predicted molar refractivity (Wildman–Crippen MR) is 84.6 cm³/mol. The number of aromatic hydroxyl groups is 1. The molecule has 2 aromatic carbocycles. The molecular formula is C13H8Br2N2O4. The maximum absolute atomic E-state index is 12.2. The summed E-state index contributed by atoms with van der Waals surface area (Å²) in [4.78, 5) is 22.4. The van der Waals surface area contributed by atoms with Crippen molar-refractivity contribution in [2.24, 2.45) is 0 Å². The minimum absolute atomic E-state index is 0.233. The zero-order valence-electron chi connectivity index (χ0n) is 10.3. The summed E-state index contributed by atoms with van der Waals surface area (Å²) in [7, 11) is 0. The lowest BCUT2D eigenvalue weighted by atomic mass is 10.2. The van der Waals surface area contributed by atoms with Crippen LogP contribution in [0.15, 0.2) is 45.3 Å². The van der Waals surface area contributed by atoms with Gasteiger partial charge in [0.05, 0.1) is 4.92 Å². The van der Waals surface area contributed by atoms with Gasteiger partial charge in [0.1, 0.15) is 5.75 Å². The highest BCUT2D eigenvalue weighted by Crippen LogP contribution is 2.33. The van der Waals surface area contributed by atoms with Crippen molar-refractivity contribution in [2.75, 3.05) is 5.32 Å². The second kappa shape index (κ2) is 6.23. The second-order valence-electron chi connectivity index (χ2n) is 4.04. The van der Waals surface area contributed by atoms with Gasteiger partial charge in [-0.1, -0.05) is 37.9 Å². The molecule has 0 heterocycles. The topological polar surface area (TPSA) is 92.5 Å². The third-order valence-electron chi connectivity index (χ3n) is 2.58. The van der Waals surface area contributed by atoms with Gasteiger partial charge in [-0.3, -0.25) is 14.9 Å². The van der Waals surface area contributed by atoms with Gasteiger partial charge in [0.25, 0.3) is 11.6 Å². The first-order valence-corrected chi connectivity index (χ1v) is 7.21. The number of carbonyl (C=O) groups excluding carboxylic acids is 1. The van der Waals surface area contributed by atoms with E-state index in [4.69, 9.17) is 0 Å². The summed E-state index contributed by atoms with van der Waals surface area (Å²) in [6, 6.07) is 8.67. The largest absolute Gasteiger partial charge is 0.505 e. The molecule has 8 heteroatoms. The number of nitrogens with zero attached hydrogens (tertiary/aromatic N) is 1. The number of para-hydroxylation sites is 1. The van der Waals surface area contributed by atoms with E-state index in [1.165, 1.54) is 18.2 Å². The number of phenolic OH excluding ortho intramolecular Hbond substituents is 1. The van der Waals surface area contributed by atoms with E-state index in [2.05, 4.69) is 37.2 Å². The second-order valence-corrected chi connectivity index (χ2v) is 5.87. The molecule has 1 amide bonds. The Labute approximate surface area is 136 Å². The summed E-state index contributed by atoms with van der Waals surface area (Å²) in [5, 5.41) is 23.0. The highest BCUT2D eigenvalue weighted by atomic mass is 79.9. The molecule has 0 atom stereocenters. The molecule has 2 rings (SSSR count). The van der Waals surface area contributed by atoms with Crippen LogP contribution in [0.25, 0.3) is 0 Å². The smallest absolute Gasteiger partial charge is 0.296 e. The number of amides is 1. The number of rotatable bonds is 3. The van der Waals surface area contributed by atoms with Crippen LogP contribution in [0.2, 0.25) is 0 Å². The first-order chi connectivity index (χ1) is 9.88. The Bertz CT molecular complexity index is 714. The van der Waals surface area contributed by atoms with Crippen LogP contribution < -0.4 is 5.32 Å². The molecule has 6 nitrogen and oxygen atoms in total. The van der Waals surface area contributed by atoms with E-state index in [0.717, 1.165) is 0 Å². The molecule has 0 saturated carbocycles. The van der Waals surface area contributed by atoms with E-state index in [0.29, 0.717) is 8.95 Å². The number of nitro benzene ring substituents is 1. The number of nitro groups is 1. The minimum Gasteiger partial charge on any atom is -0.505 e. The van der Waals surface area contributed by atoms with Crippen LogP contribution in [0.3, 0.4) is 0 Å². The van der Waals surface area contributed by atoms with E-state index < -0.39 is 10.8 Å². The molecule has 108 valence electrons. The lowest BCUT2D eigenvalue weighted by Crippen LogP contribution is -2.13. The number of anilines is 1.